The van der Waals surface area contributed by atoms with Gasteiger partial charge in [0, 0.05) is 17.1 Å². The molecule has 1 aliphatic heterocycles. The Morgan fingerprint density at radius 2 is 1.93 bits per heavy atom. The summed E-state index contributed by atoms with van der Waals surface area (Å²) in [6, 6.07) is 12.3. The number of likely N-dealkylation sites (tertiary alicyclic amines) is 1. The molecule has 6 nitrogen and oxygen atoms in total. The molecule has 0 bridgehead atoms. The third-order valence-corrected chi connectivity index (χ3v) is 5.31. The van der Waals surface area contributed by atoms with Crippen LogP contribution in [0.25, 0.3) is 0 Å². The van der Waals surface area contributed by atoms with Crippen molar-refractivity contribution >= 4 is 23.2 Å². The lowest BCUT2D eigenvalue weighted by Crippen LogP contribution is -2.37. The fourth-order valence-corrected chi connectivity index (χ4v) is 3.87. The van der Waals surface area contributed by atoms with Gasteiger partial charge in [0.05, 0.1) is 11.0 Å². The minimum Gasteiger partial charge on any atom is -0.350 e. The highest BCUT2D eigenvalue weighted by Crippen LogP contribution is 2.30. The fourth-order valence-electron chi connectivity index (χ4n) is 3.60. The summed E-state index contributed by atoms with van der Waals surface area (Å²) in [6.45, 7) is 3.85. The molecule has 1 aliphatic rings. The van der Waals surface area contributed by atoms with Crippen molar-refractivity contribution in [3.63, 3.8) is 0 Å². The smallest absolute Gasteiger partial charge is 0.285 e. The summed E-state index contributed by atoms with van der Waals surface area (Å²) >= 11 is 6.39. The van der Waals surface area contributed by atoms with Crippen LogP contribution in [0.2, 0.25) is 5.02 Å². The number of nitro benzene ring substituents is 1. The second-order valence-corrected chi connectivity index (χ2v) is 7.13. The van der Waals surface area contributed by atoms with Gasteiger partial charge in [0.15, 0.2) is 0 Å². The van der Waals surface area contributed by atoms with Gasteiger partial charge in [-0.1, -0.05) is 41.9 Å². The van der Waals surface area contributed by atoms with Crippen molar-refractivity contribution in [2.45, 2.75) is 25.8 Å². The van der Waals surface area contributed by atoms with Gasteiger partial charge < -0.3 is 5.32 Å². The van der Waals surface area contributed by atoms with Crippen molar-refractivity contribution in [3.05, 3.63) is 74.3 Å². The van der Waals surface area contributed by atoms with Crippen LogP contribution in [0.4, 0.5) is 5.69 Å². The molecule has 1 saturated heterocycles. The Bertz CT molecular complexity index is 850. The SMILES string of the molecule is Cc1cccc(C(=O)NC[C@H](c2ccccc2Cl)N2CCCC2)c1[N+](=O)[O-]. The molecule has 1 heterocycles. The van der Waals surface area contributed by atoms with E-state index in [-0.39, 0.29) is 17.3 Å². The number of carbonyl (C=O) groups excluding carboxylic acids is 1. The van der Waals surface area contributed by atoms with Crippen LogP contribution in [0.1, 0.15) is 40.4 Å². The number of rotatable bonds is 6. The highest BCUT2D eigenvalue weighted by Gasteiger charge is 2.27. The van der Waals surface area contributed by atoms with Crippen LogP contribution in [0.3, 0.4) is 0 Å². The number of benzene rings is 2. The Hall–Kier alpha value is -2.44. The van der Waals surface area contributed by atoms with Gasteiger partial charge in [-0.2, -0.15) is 0 Å². The van der Waals surface area contributed by atoms with Crippen LogP contribution < -0.4 is 5.32 Å². The molecule has 7 heteroatoms. The Labute approximate surface area is 163 Å². The van der Waals surface area contributed by atoms with Gasteiger partial charge in [0.25, 0.3) is 11.6 Å². The van der Waals surface area contributed by atoms with Crippen LogP contribution in [0.15, 0.2) is 42.5 Å². The quantitative estimate of drug-likeness (QED) is 0.597. The molecule has 3 rings (SSSR count). The molecule has 2 aromatic rings. The van der Waals surface area contributed by atoms with E-state index >= 15 is 0 Å². The van der Waals surface area contributed by atoms with Crippen molar-refractivity contribution in [2.75, 3.05) is 19.6 Å². The Morgan fingerprint density at radius 3 is 2.59 bits per heavy atom. The van der Waals surface area contributed by atoms with Gasteiger partial charge in [-0.25, -0.2) is 0 Å². The highest BCUT2D eigenvalue weighted by molar-refractivity contribution is 6.31. The van der Waals surface area contributed by atoms with E-state index in [1.165, 1.54) is 6.07 Å². The molecule has 1 amide bonds. The van der Waals surface area contributed by atoms with E-state index in [9.17, 15) is 14.9 Å². The molecule has 0 aromatic heterocycles. The van der Waals surface area contributed by atoms with Gasteiger partial charge >= 0.3 is 0 Å². The first-order valence-electron chi connectivity index (χ1n) is 8.99. The summed E-state index contributed by atoms with van der Waals surface area (Å²) in [4.78, 5) is 25.8. The third kappa shape index (κ3) is 4.28. The van der Waals surface area contributed by atoms with Gasteiger partial charge in [-0.3, -0.25) is 19.8 Å². The van der Waals surface area contributed by atoms with Crippen molar-refractivity contribution < 1.29 is 9.72 Å². The molecule has 0 saturated carbocycles. The number of amides is 1. The normalized spacial score (nSPS) is 15.5. The van der Waals surface area contributed by atoms with Crippen molar-refractivity contribution in [3.8, 4) is 0 Å². The minimum absolute atomic E-state index is 0.0611. The third-order valence-electron chi connectivity index (χ3n) is 4.97. The molecule has 1 N–H and O–H groups in total. The Balaban J connectivity index is 1.82. The number of hydrogen-bond donors (Lipinski definition) is 1. The standard InChI is InChI=1S/C20H22ClN3O3/c1-14-7-6-9-16(19(14)24(26)27)20(25)22-13-18(23-11-4-5-12-23)15-8-2-3-10-17(15)21/h2-3,6-10,18H,4-5,11-13H2,1H3,(H,22,25)/t18-/m1/s1. The number of halogens is 1. The summed E-state index contributed by atoms with van der Waals surface area (Å²) < 4.78 is 0. The monoisotopic (exact) mass is 387 g/mol. The van der Waals surface area contributed by atoms with E-state index in [4.69, 9.17) is 11.6 Å². The first-order valence-corrected chi connectivity index (χ1v) is 9.37. The lowest BCUT2D eigenvalue weighted by molar-refractivity contribution is -0.385. The average Bonchev–Trinajstić information content (AvgIpc) is 3.17. The first kappa shape index (κ1) is 19.3. The van der Waals surface area contributed by atoms with E-state index in [2.05, 4.69) is 10.2 Å². The molecule has 0 radical (unpaired) electrons. The molecule has 1 fully saturated rings. The number of hydrogen-bond acceptors (Lipinski definition) is 4. The van der Waals surface area contributed by atoms with Gasteiger partial charge in [0.2, 0.25) is 0 Å². The van der Waals surface area contributed by atoms with Crippen LogP contribution in [-0.2, 0) is 0 Å². The predicted molar refractivity (Wildman–Crippen MR) is 105 cm³/mol. The molecular weight excluding hydrogens is 366 g/mol. The summed E-state index contributed by atoms with van der Waals surface area (Å²) in [6.07, 6.45) is 2.22. The van der Waals surface area contributed by atoms with E-state index < -0.39 is 10.8 Å². The van der Waals surface area contributed by atoms with Crippen LogP contribution >= 0.6 is 11.6 Å². The van der Waals surface area contributed by atoms with E-state index in [1.54, 1.807) is 19.1 Å². The van der Waals surface area contributed by atoms with Crippen LogP contribution in [-0.4, -0.2) is 35.4 Å². The lowest BCUT2D eigenvalue weighted by atomic mass is 10.0. The lowest BCUT2D eigenvalue weighted by Gasteiger charge is -2.29. The summed E-state index contributed by atoms with van der Waals surface area (Å²) in [5.74, 6) is -0.443. The van der Waals surface area contributed by atoms with Crippen molar-refractivity contribution in [1.29, 1.82) is 0 Å². The Kier molecular flexibility index (Phi) is 6.08. The maximum Gasteiger partial charge on any atom is 0.285 e. The zero-order valence-electron chi connectivity index (χ0n) is 15.2. The number of nitrogens with one attached hydrogen (secondary N) is 1. The second-order valence-electron chi connectivity index (χ2n) is 6.72. The van der Waals surface area contributed by atoms with E-state index in [1.807, 2.05) is 24.3 Å². The molecule has 0 aliphatic carbocycles. The van der Waals surface area contributed by atoms with Crippen molar-refractivity contribution in [1.82, 2.24) is 10.2 Å². The molecular formula is C20H22ClN3O3. The number of para-hydroxylation sites is 1. The molecule has 0 spiro atoms. The number of nitrogens with zero attached hydrogens (tertiary/aromatic N) is 2. The number of carbonyl (C=O) groups is 1. The largest absolute Gasteiger partial charge is 0.350 e. The maximum absolute atomic E-state index is 12.7. The van der Waals surface area contributed by atoms with Gasteiger partial charge in [0.1, 0.15) is 5.56 Å². The number of aryl methyl sites for hydroxylation is 1. The van der Waals surface area contributed by atoms with Crippen molar-refractivity contribution in [2.24, 2.45) is 0 Å². The average molecular weight is 388 g/mol. The topological polar surface area (TPSA) is 75.5 Å². The molecule has 1 atom stereocenters. The minimum atomic E-state index is -0.504. The molecule has 142 valence electrons. The maximum atomic E-state index is 12.7. The molecule has 27 heavy (non-hydrogen) atoms. The first-order chi connectivity index (χ1) is 13.0. The summed E-state index contributed by atoms with van der Waals surface area (Å²) in [5, 5.41) is 14.9. The predicted octanol–water partition coefficient (Wildman–Crippen LogP) is 4.12. The van der Waals surface area contributed by atoms with Gasteiger partial charge in [-0.05, 0) is 50.6 Å². The zero-order valence-corrected chi connectivity index (χ0v) is 15.9. The Morgan fingerprint density at radius 1 is 1.22 bits per heavy atom. The summed E-state index contributed by atoms with van der Waals surface area (Å²) in [7, 11) is 0. The second kappa shape index (κ2) is 8.50. The summed E-state index contributed by atoms with van der Waals surface area (Å²) in [5.41, 5.74) is 1.36. The fraction of sp³-hybridized carbons (Fsp3) is 0.350. The van der Waals surface area contributed by atoms with Crippen LogP contribution in [0, 0.1) is 17.0 Å². The van der Waals surface area contributed by atoms with Crippen LogP contribution in [0.5, 0.6) is 0 Å². The van der Waals surface area contributed by atoms with E-state index in [0.29, 0.717) is 17.1 Å². The molecule has 0 unspecified atom stereocenters. The molecule has 2 aromatic carbocycles. The highest BCUT2D eigenvalue weighted by atomic mass is 35.5. The number of nitro groups is 1. The van der Waals surface area contributed by atoms with Gasteiger partial charge in [-0.15, -0.1) is 0 Å². The zero-order chi connectivity index (χ0) is 19.4. The van der Waals surface area contributed by atoms with E-state index in [0.717, 1.165) is 31.5 Å².